The van der Waals surface area contributed by atoms with Gasteiger partial charge in [0.2, 0.25) is 0 Å². The minimum Gasteiger partial charge on any atom is -0.389 e. The fourth-order valence-electron chi connectivity index (χ4n) is 17.2. The third-order valence-electron chi connectivity index (χ3n) is 25.7. The van der Waals surface area contributed by atoms with Crippen LogP contribution >= 0.6 is 45.3 Å². The SMILES string of the molecule is Cc1cc(NC(C)(C)C)ncc1-c1sc(C(=O)NCC(C)(C)O)nc1C(=O)N1CCC[C@@H]1C.Cc1cc(NC(C)(C)C)ncc1-c1sc(C(=O)NCC2(O)CCC2)nc1C(=O)N1CCC[C@@H]1C.Cc1cc(NC2CCCC2(C)F)ncc1-c1sc(C(=O)NCC(C)(C)O)nc1C(=O)N1CCC[C@@H]1C.Cc1cc(NCC2(C)CC2)ncc1-c1sc(C(=O)NCC(C)(C)O)nc1C(=O)N1CC(F)(F)C[C@@H]1C. The Bertz CT molecular complexity index is 5830. The van der Waals surface area contributed by atoms with Gasteiger partial charge in [-0.15, -0.1) is 45.3 Å². The number of nitrogens with one attached hydrogen (secondary N) is 8. The van der Waals surface area contributed by atoms with E-state index in [0.29, 0.717) is 92.3 Å². The van der Waals surface area contributed by atoms with Crippen molar-refractivity contribution < 1.29 is 72.0 Å². The molecule has 8 amide bonds. The molecule has 8 aromatic rings. The fraction of sp³-hybridized carbons (Fsp3) is 0.600. The van der Waals surface area contributed by atoms with Crippen LogP contribution < -0.4 is 42.5 Å². The second-order valence-corrected chi connectivity index (χ2v) is 47.2. The second-order valence-electron chi connectivity index (χ2n) is 43.2. The van der Waals surface area contributed by atoms with Crippen molar-refractivity contribution in [2.45, 2.75) is 324 Å². The Morgan fingerprint density at radius 1 is 0.417 bits per heavy atom. The number of carbonyl (C=O) groups is 8. The van der Waals surface area contributed by atoms with E-state index in [2.05, 4.69) is 131 Å². The van der Waals surface area contributed by atoms with E-state index in [4.69, 9.17) is 0 Å². The first-order valence-corrected chi connectivity index (χ1v) is 51.3. The maximum atomic E-state index is 14.7. The number of aliphatic hydroxyl groups is 4. The van der Waals surface area contributed by atoms with Crippen LogP contribution in [0.3, 0.4) is 0 Å². The summed E-state index contributed by atoms with van der Waals surface area (Å²) in [4.78, 5) is 150. The van der Waals surface area contributed by atoms with Gasteiger partial charge in [-0.3, -0.25) is 38.4 Å². The molecule has 12 heterocycles. The van der Waals surface area contributed by atoms with E-state index in [0.717, 1.165) is 137 Å². The molecule has 7 aliphatic rings. The highest BCUT2D eigenvalue weighted by atomic mass is 32.1. The van der Waals surface area contributed by atoms with Gasteiger partial charge in [-0.25, -0.2) is 53.0 Å². The largest absolute Gasteiger partial charge is 0.389 e. The maximum absolute atomic E-state index is 14.7. The van der Waals surface area contributed by atoms with E-state index in [1.165, 1.54) is 35.5 Å². The zero-order valence-electron chi connectivity index (χ0n) is 84.2. The van der Waals surface area contributed by atoms with Crippen LogP contribution in [0.4, 0.5) is 36.4 Å². The van der Waals surface area contributed by atoms with E-state index in [1.54, 1.807) is 85.1 Å². The average Bonchev–Trinajstić information content (AvgIpc) is 1.64. The van der Waals surface area contributed by atoms with Gasteiger partial charge in [0.15, 0.2) is 20.0 Å². The first kappa shape index (κ1) is 108. The Kier molecular flexibility index (Phi) is 33.2. The van der Waals surface area contributed by atoms with E-state index >= 15 is 0 Å². The molecule has 3 saturated carbocycles. The third-order valence-corrected chi connectivity index (χ3v) is 30.0. The molecule has 12 N–H and O–H groups in total. The molecule has 0 aromatic carbocycles. The molecule has 139 heavy (non-hydrogen) atoms. The van der Waals surface area contributed by atoms with Crippen molar-refractivity contribution in [3.05, 3.63) is 114 Å². The molecule has 4 aliphatic heterocycles. The lowest BCUT2D eigenvalue weighted by molar-refractivity contribution is -0.0300. The average molecular weight is 2000 g/mol. The fourth-order valence-corrected chi connectivity index (χ4v) is 21.4. The van der Waals surface area contributed by atoms with Crippen LogP contribution in [0, 0.1) is 33.1 Å². The predicted octanol–water partition coefficient (Wildman–Crippen LogP) is 16.3. The zero-order chi connectivity index (χ0) is 102. The minimum absolute atomic E-state index is 0.0134. The van der Waals surface area contributed by atoms with Crippen LogP contribution in [-0.4, -0.2) is 261 Å². The molecule has 15 rings (SSSR count). The van der Waals surface area contributed by atoms with Crippen molar-refractivity contribution in [2.24, 2.45) is 5.41 Å². The Balaban J connectivity index is 0.000000166. The van der Waals surface area contributed by atoms with Crippen LogP contribution in [-0.2, 0) is 0 Å². The summed E-state index contributed by atoms with van der Waals surface area (Å²) in [5.41, 5.74) is 1.90. The summed E-state index contributed by atoms with van der Waals surface area (Å²) in [6.45, 7) is 43.7. The number of alkyl halides is 3. The molecule has 0 spiro atoms. The summed E-state index contributed by atoms with van der Waals surface area (Å²) in [6, 6.07) is 7.05. The van der Waals surface area contributed by atoms with Gasteiger partial charge >= 0.3 is 0 Å². The molecule has 4 saturated heterocycles. The number of hydrogen-bond acceptors (Lipinski definition) is 28. The molecular weight excluding hydrogens is 1860 g/mol. The topological polar surface area (TPSA) is 430 Å². The summed E-state index contributed by atoms with van der Waals surface area (Å²) >= 11 is 4.53. The molecule has 2 unspecified atom stereocenters. The van der Waals surface area contributed by atoms with Gasteiger partial charge < -0.3 is 82.6 Å². The molecule has 8 aromatic heterocycles. The first-order chi connectivity index (χ1) is 64.7. The van der Waals surface area contributed by atoms with Crippen LogP contribution in [0.15, 0.2) is 49.1 Å². The number of aromatic nitrogens is 8. The number of nitrogens with zero attached hydrogens (tertiary/aromatic N) is 12. The highest BCUT2D eigenvalue weighted by molar-refractivity contribution is 7.18. The lowest BCUT2D eigenvalue weighted by atomic mass is 9.80. The zero-order valence-corrected chi connectivity index (χ0v) is 87.4. The lowest BCUT2D eigenvalue weighted by Crippen LogP contribution is -2.47. The third kappa shape index (κ3) is 28.2. The number of likely N-dealkylation sites (tertiary alicyclic amines) is 4. The van der Waals surface area contributed by atoms with E-state index in [-0.39, 0.29) is 122 Å². The quantitative estimate of drug-likeness (QED) is 0.0227. The molecular formula is C100H139F3N20O12S4. The van der Waals surface area contributed by atoms with Gasteiger partial charge in [0.25, 0.3) is 53.2 Å². The summed E-state index contributed by atoms with van der Waals surface area (Å²) in [5, 5.41) is 64.9. The van der Waals surface area contributed by atoms with Crippen LogP contribution in [0.2, 0.25) is 0 Å². The Hall–Kier alpha value is -10.3. The van der Waals surface area contributed by atoms with Crippen molar-refractivity contribution in [1.82, 2.24) is 80.7 Å². The Morgan fingerprint density at radius 2 is 0.741 bits per heavy atom. The monoisotopic (exact) mass is 2000 g/mol. The second kappa shape index (κ2) is 42.9. The standard InChI is InChI=1S/C26H36FN5O3S.C25H33F2N5O3S.C25H35N5O3S.C24H35N5O3S/c1-15-12-19(30-18-9-6-10-26(18,5)27)28-13-17(15)21-20(24(34)32-11-7-8-16(32)2)31-23(36-21)22(33)29-14-25(3,4)35;1-14-8-17(29-12-24(5)6-7-24)28-10-16(14)19-18(22(34)32-13-25(26,27)9-15(32)2)31-21(36-19)20(33)30-11-23(3,4)35;1-15-12-18(29-24(3,4)5)26-13-17(15)20-19(23(32)30-11-6-8-16(30)2)28-22(34-20)21(31)27-14-25(33)9-7-10-25;1-14-11-17(28-23(3,4)5)25-12-16(14)19-18(22(31)29-10-8-9-15(29)2)27-21(33-19)20(30)26-13-24(6,7)32/h12-13,16,18,35H,6-11,14H2,1-5H3,(H,28,30)(H,29,33);8,10,15,35H,6-7,9,11-13H2,1-5H3,(H,28,29)(H,30,33);12-13,16,33H,6-11,14H2,1-5H3,(H,26,29)(H,27,31);11-12,15,32H,8-10,13H2,1-7H3,(H,25,28)(H,26,30)/t16-,18?,26?;15-;16-;15-/m0000/s1. The molecule has 39 heteroatoms. The van der Waals surface area contributed by atoms with Gasteiger partial charge in [-0.1, -0.05) is 6.92 Å². The van der Waals surface area contributed by atoms with Crippen molar-refractivity contribution in [3.63, 3.8) is 0 Å². The van der Waals surface area contributed by atoms with Gasteiger partial charge in [-0.2, -0.15) is 0 Å². The van der Waals surface area contributed by atoms with Crippen molar-refractivity contribution >= 4 is 116 Å². The van der Waals surface area contributed by atoms with Crippen molar-refractivity contribution in [2.75, 3.05) is 80.2 Å². The van der Waals surface area contributed by atoms with Crippen molar-refractivity contribution in [1.29, 1.82) is 0 Å². The number of anilines is 4. The molecule has 6 atom stereocenters. The highest BCUT2D eigenvalue weighted by Crippen LogP contribution is 2.47. The van der Waals surface area contributed by atoms with Crippen LogP contribution in [0.1, 0.15) is 324 Å². The normalized spacial score (nSPS) is 20.3. The molecule has 756 valence electrons. The number of thiazole rings is 4. The minimum atomic E-state index is -2.97. The molecule has 3 aliphatic carbocycles. The van der Waals surface area contributed by atoms with Gasteiger partial charge in [-0.05, 0) is 287 Å². The highest BCUT2D eigenvalue weighted by Gasteiger charge is 2.48. The summed E-state index contributed by atoms with van der Waals surface area (Å²) in [5.74, 6) is -3.10. The van der Waals surface area contributed by atoms with Crippen LogP contribution in [0.25, 0.3) is 41.8 Å². The maximum Gasteiger partial charge on any atom is 0.280 e. The van der Waals surface area contributed by atoms with Crippen LogP contribution in [0.5, 0.6) is 0 Å². The first-order valence-electron chi connectivity index (χ1n) is 48.0. The number of pyridine rings is 4. The predicted molar refractivity (Wildman–Crippen MR) is 540 cm³/mol. The number of rotatable bonds is 27. The van der Waals surface area contributed by atoms with Crippen molar-refractivity contribution in [3.8, 4) is 41.8 Å². The van der Waals surface area contributed by atoms with Gasteiger partial charge in [0.1, 0.15) is 51.7 Å². The van der Waals surface area contributed by atoms with Gasteiger partial charge in [0.05, 0.1) is 54.5 Å². The smallest absolute Gasteiger partial charge is 0.280 e. The Labute approximate surface area is 828 Å². The number of aryl methyl sites for hydroxylation is 4. The molecule has 7 fully saturated rings. The summed E-state index contributed by atoms with van der Waals surface area (Å²) in [6.07, 6.45) is 18.9. The molecule has 32 nitrogen and oxygen atoms in total. The summed E-state index contributed by atoms with van der Waals surface area (Å²) in [7, 11) is 0. The molecule has 0 bridgehead atoms. The van der Waals surface area contributed by atoms with E-state index in [1.807, 2.05) is 82.5 Å². The summed E-state index contributed by atoms with van der Waals surface area (Å²) < 4.78 is 42.8. The number of carbonyl (C=O) groups excluding carboxylic acids is 8. The Morgan fingerprint density at radius 3 is 1.02 bits per heavy atom. The van der Waals surface area contributed by atoms with Gasteiger partial charge in [0, 0.05) is 141 Å². The lowest BCUT2D eigenvalue weighted by Gasteiger charge is -2.36. The van der Waals surface area contributed by atoms with E-state index < -0.39 is 76.6 Å². The molecule has 0 radical (unpaired) electrons. The van der Waals surface area contributed by atoms with E-state index in [9.17, 15) is 72.0 Å². The number of amides is 8. The number of hydrogen-bond donors (Lipinski definition) is 12. The number of halogens is 3.